The van der Waals surface area contributed by atoms with E-state index in [0.29, 0.717) is 0 Å². The molecule has 0 aliphatic carbocycles. The third-order valence-electron chi connectivity index (χ3n) is 2.68. The summed E-state index contributed by atoms with van der Waals surface area (Å²) in [6, 6.07) is 2.42. The number of hydrogen-bond donors (Lipinski definition) is 2. The molecule has 2 rings (SSSR count). The molecule has 2 aromatic rings. The Bertz CT molecular complexity index is 850. The maximum absolute atomic E-state index is 13.8. The van der Waals surface area contributed by atoms with Crippen LogP contribution in [0.2, 0.25) is 0 Å². The number of thiocarbonyl (C=S) groups is 1. The lowest BCUT2D eigenvalue weighted by atomic mass is 10.1. The predicted molar refractivity (Wildman–Crippen MR) is 81.6 cm³/mol. The number of halogens is 7. The Morgan fingerprint density at radius 2 is 1.69 bits per heavy atom. The SMILES string of the molecule is NC(=S)N/N=C/c1ccc(Sc2c(F)c(F)c(C(F)(F)F)c(F)c2F)o1. The quantitative estimate of drug-likeness (QED) is 0.257. The standard InChI is InChI=1S/C13H6F7N3OS2/c14-7-6(13(18,19)20)8(15)10(17)11(9(7)16)26-5-2-1-4(24-5)3-22-23-12(21)25/h1-3H,(H3,21,23,25)/b22-3+. The Balaban J connectivity index is 2.35. The van der Waals surface area contributed by atoms with E-state index in [1.807, 2.05) is 0 Å². The molecule has 0 amide bonds. The first kappa shape index (κ1) is 20.0. The fraction of sp³-hybridized carbons (Fsp3) is 0.0769. The van der Waals surface area contributed by atoms with E-state index in [4.69, 9.17) is 10.2 Å². The second kappa shape index (κ2) is 7.53. The number of nitrogens with zero attached hydrogens (tertiary/aromatic N) is 1. The molecule has 0 atom stereocenters. The monoisotopic (exact) mass is 417 g/mol. The predicted octanol–water partition coefficient (Wildman–Crippen LogP) is 4.17. The first-order valence-corrected chi connectivity index (χ1v) is 7.54. The van der Waals surface area contributed by atoms with Gasteiger partial charge in [0.2, 0.25) is 0 Å². The highest BCUT2D eigenvalue weighted by Gasteiger charge is 2.42. The van der Waals surface area contributed by atoms with Gasteiger partial charge in [-0.15, -0.1) is 0 Å². The van der Waals surface area contributed by atoms with Crippen LogP contribution in [0.15, 0.2) is 31.6 Å². The fourth-order valence-electron chi connectivity index (χ4n) is 1.67. The minimum atomic E-state index is -5.61. The highest BCUT2D eigenvalue weighted by Crippen LogP contribution is 2.41. The van der Waals surface area contributed by atoms with Gasteiger partial charge in [-0.25, -0.2) is 17.6 Å². The van der Waals surface area contributed by atoms with Crippen molar-refractivity contribution in [1.29, 1.82) is 0 Å². The zero-order valence-corrected chi connectivity index (χ0v) is 13.8. The summed E-state index contributed by atoms with van der Waals surface area (Å²) in [5.41, 5.74) is 4.65. The van der Waals surface area contributed by atoms with E-state index in [1.54, 1.807) is 0 Å². The summed E-state index contributed by atoms with van der Waals surface area (Å²) >= 11 is 4.53. The van der Waals surface area contributed by atoms with E-state index in [9.17, 15) is 30.7 Å². The molecule has 0 unspecified atom stereocenters. The molecule has 0 radical (unpaired) electrons. The first-order valence-electron chi connectivity index (χ1n) is 6.31. The molecule has 0 fully saturated rings. The second-order valence-electron chi connectivity index (χ2n) is 4.45. The van der Waals surface area contributed by atoms with Gasteiger partial charge in [0.15, 0.2) is 33.5 Å². The van der Waals surface area contributed by atoms with Crippen LogP contribution < -0.4 is 11.2 Å². The summed E-state index contributed by atoms with van der Waals surface area (Å²) in [4.78, 5) is -1.33. The maximum atomic E-state index is 13.8. The van der Waals surface area contributed by atoms with Crippen LogP contribution in [0.4, 0.5) is 30.7 Å². The van der Waals surface area contributed by atoms with Crippen molar-refractivity contribution in [2.45, 2.75) is 16.2 Å². The largest absolute Gasteiger partial charge is 0.448 e. The van der Waals surface area contributed by atoms with Crippen molar-refractivity contribution in [3.8, 4) is 0 Å². The van der Waals surface area contributed by atoms with E-state index in [0.717, 1.165) is 12.3 Å². The van der Waals surface area contributed by atoms with Gasteiger partial charge < -0.3 is 10.2 Å². The fourth-order valence-corrected chi connectivity index (χ4v) is 2.56. The van der Waals surface area contributed by atoms with Crippen LogP contribution in [0.5, 0.6) is 0 Å². The van der Waals surface area contributed by atoms with Crippen molar-refractivity contribution in [1.82, 2.24) is 5.43 Å². The number of hydrogen-bond acceptors (Lipinski definition) is 4. The normalized spacial score (nSPS) is 12.0. The third kappa shape index (κ3) is 4.27. The number of furan rings is 1. The van der Waals surface area contributed by atoms with Gasteiger partial charge in [-0.3, -0.25) is 5.43 Å². The average Bonchev–Trinajstić information content (AvgIpc) is 2.95. The van der Waals surface area contributed by atoms with Gasteiger partial charge in [-0.2, -0.15) is 18.3 Å². The molecule has 0 aliphatic rings. The topological polar surface area (TPSA) is 63.5 Å². The Hall–Kier alpha value is -2.28. The van der Waals surface area contributed by atoms with Gasteiger partial charge in [-0.1, -0.05) is 0 Å². The van der Waals surface area contributed by atoms with Gasteiger partial charge in [0.25, 0.3) is 0 Å². The van der Waals surface area contributed by atoms with E-state index in [-0.39, 0.29) is 27.7 Å². The second-order valence-corrected chi connectivity index (χ2v) is 5.91. The molecule has 0 saturated carbocycles. The van der Waals surface area contributed by atoms with Crippen LogP contribution in [-0.4, -0.2) is 11.3 Å². The molecule has 0 bridgehead atoms. The summed E-state index contributed by atoms with van der Waals surface area (Å²) in [5.74, 6) is -9.45. The minimum absolute atomic E-state index is 0.0323. The van der Waals surface area contributed by atoms with Crippen LogP contribution in [-0.2, 0) is 6.18 Å². The van der Waals surface area contributed by atoms with Crippen LogP contribution in [0.25, 0.3) is 0 Å². The molecular formula is C13H6F7N3OS2. The molecule has 3 N–H and O–H groups in total. The highest BCUT2D eigenvalue weighted by atomic mass is 32.2. The van der Waals surface area contributed by atoms with E-state index >= 15 is 0 Å². The first-order chi connectivity index (χ1) is 12.0. The van der Waals surface area contributed by atoms with Crippen molar-refractivity contribution in [2.24, 2.45) is 10.8 Å². The number of alkyl halides is 3. The molecule has 13 heteroatoms. The molecule has 26 heavy (non-hydrogen) atoms. The summed E-state index contributed by atoms with van der Waals surface area (Å²) in [6.45, 7) is 0. The number of nitrogens with two attached hydrogens (primary N) is 1. The maximum Gasteiger partial charge on any atom is 0.422 e. The van der Waals surface area contributed by atoms with Crippen molar-refractivity contribution in [3.63, 3.8) is 0 Å². The van der Waals surface area contributed by atoms with E-state index in [2.05, 4.69) is 22.7 Å². The molecule has 0 aliphatic heterocycles. The molecule has 140 valence electrons. The lowest BCUT2D eigenvalue weighted by molar-refractivity contribution is -0.143. The Labute approximate surface area is 150 Å². The molecule has 1 aromatic heterocycles. The number of nitrogens with one attached hydrogen (secondary N) is 1. The number of rotatable bonds is 4. The molecule has 4 nitrogen and oxygen atoms in total. The zero-order chi connectivity index (χ0) is 19.6. The van der Waals surface area contributed by atoms with E-state index in [1.165, 1.54) is 6.07 Å². The lowest BCUT2D eigenvalue weighted by Crippen LogP contribution is -2.23. The summed E-state index contributed by atoms with van der Waals surface area (Å²) in [7, 11) is 0. The molecule has 1 aromatic carbocycles. The lowest BCUT2D eigenvalue weighted by Gasteiger charge is -2.13. The summed E-state index contributed by atoms with van der Waals surface area (Å²) in [5, 5.41) is 3.11. The highest BCUT2D eigenvalue weighted by molar-refractivity contribution is 7.99. The molecule has 1 heterocycles. The summed E-state index contributed by atoms with van der Waals surface area (Å²) < 4.78 is 97.4. The van der Waals surface area contributed by atoms with Crippen molar-refractivity contribution < 1.29 is 35.2 Å². The van der Waals surface area contributed by atoms with Crippen LogP contribution in [0, 0.1) is 23.3 Å². The van der Waals surface area contributed by atoms with Gasteiger partial charge in [0, 0.05) is 0 Å². The van der Waals surface area contributed by atoms with Gasteiger partial charge >= 0.3 is 6.18 Å². The van der Waals surface area contributed by atoms with Crippen molar-refractivity contribution in [2.75, 3.05) is 0 Å². The van der Waals surface area contributed by atoms with Gasteiger partial charge in [0.05, 0.1) is 11.1 Å². The molecule has 0 saturated heterocycles. The molecule has 0 spiro atoms. The van der Waals surface area contributed by atoms with Crippen LogP contribution in [0.1, 0.15) is 11.3 Å². The smallest absolute Gasteiger partial charge is 0.422 e. The summed E-state index contributed by atoms with van der Waals surface area (Å²) in [6.07, 6.45) is -4.53. The van der Waals surface area contributed by atoms with Crippen molar-refractivity contribution >= 4 is 35.3 Å². The number of hydrazone groups is 1. The third-order valence-corrected chi connectivity index (χ3v) is 3.75. The Morgan fingerprint density at radius 1 is 1.12 bits per heavy atom. The Morgan fingerprint density at radius 3 is 2.19 bits per heavy atom. The van der Waals surface area contributed by atoms with E-state index < -0.39 is 39.9 Å². The zero-order valence-electron chi connectivity index (χ0n) is 12.1. The average molecular weight is 417 g/mol. The Kier molecular flexibility index (Phi) is 5.81. The van der Waals surface area contributed by atoms with Gasteiger partial charge in [-0.05, 0) is 36.1 Å². The van der Waals surface area contributed by atoms with Gasteiger partial charge in [0.1, 0.15) is 11.3 Å². The minimum Gasteiger partial charge on any atom is -0.448 e. The number of benzene rings is 1. The van der Waals surface area contributed by atoms with Crippen molar-refractivity contribution in [3.05, 3.63) is 46.7 Å². The van der Waals surface area contributed by atoms with Crippen LogP contribution >= 0.6 is 24.0 Å². The molecular weight excluding hydrogens is 411 g/mol. The van der Waals surface area contributed by atoms with Crippen LogP contribution in [0.3, 0.4) is 0 Å².